The van der Waals surface area contributed by atoms with Gasteiger partial charge in [-0.1, -0.05) is 11.6 Å². The molecule has 1 amide bonds. The van der Waals surface area contributed by atoms with Crippen LogP contribution in [0.3, 0.4) is 0 Å². The van der Waals surface area contributed by atoms with E-state index in [1.54, 1.807) is 0 Å². The fourth-order valence-corrected chi connectivity index (χ4v) is 1.93. The molecule has 1 aromatic carbocycles. The topological polar surface area (TPSA) is 87.7 Å². The van der Waals surface area contributed by atoms with Crippen molar-refractivity contribution in [3.8, 4) is 0 Å². The van der Waals surface area contributed by atoms with Gasteiger partial charge < -0.3 is 20.5 Å². The Morgan fingerprint density at radius 1 is 1.47 bits per heavy atom. The summed E-state index contributed by atoms with van der Waals surface area (Å²) in [5, 5.41) is 14.9. The third-order valence-electron chi connectivity index (χ3n) is 2.71. The monoisotopic (exact) mass is 284 g/mol. The summed E-state index contributed by atoms with van der Waals surface area (Å²) in [6.07, 6.45) is 0. The normalized spacial score (nSPS) is 18.9. The molecule has 0 spiro atoms. The second kappa shape index (κ2) is 6.01. The number of benzene rings is 1. The average molecular weight is 285 g/mol. The van der Waals surface area contributed by atoms with E-state index in [4.69, 9.17) is 21.4 Å². The Bertz CT molecular complexity index is 501. The van der Waals surface area contributed by atoms with Crippen LogP contribution in [0.5, 0.6) is 0 Å². The van der Waals surface area contributed by atoms with E-state index in [0.29, 0.717) is 18.2 Å². The SMILES string of the molecule is O=C(O)c1cc(Cl)ccc1NC(=O)C1COCCN1. The van der Waals surface area contributed by atoms with Crippen LogP contribution in [-0.4, -0.2) is 42.8 Å². The van der Waals surface area contributed by atoms with Crippen LogP contribution in [0.4, 0.5) is 5.69 Å². The van der Waals surface area contributed by atoms with Crippen LogP contribution in [0.25, 0.3) is 0 Å². The van der Waals surface area contributed by atoms with E-state index in [2.05, 4.69) is 10.6 Å². The van der Waals surface area contributed by atoms with Crippen molar-refractivity contribution in [3.05, 3.63) is 28.8 Å². The van der Waals surface area contributed by atoms with Gasteiger partial charge in [0, 0.05) is 11.6 Å². The minimum Gasteiger partial charge on any atom is -0.478 e. The molecule has 0 bridgehead atoms. The molecule has 102 valence electrons. The van der Waals surface area contributed by atoms with Gasteiger partial charge in [0.25, 0.3) is 0 Å². The number of carboxylic acid groups (broad SMARTS) is 1. The highest BCUT2D eigenvalue weighted by Crippen LogP contribution is 2.21. The zero-order chi connectivity index (χ0) is 13.8. The van der Waals surface area contributed by atoms with Crippen LogP contribution >= 0.6 is 11.6 Å². The quantitative estimate of drug-likeness (QED) is 0.770. The number of hydrogen-bond acceptors (Lipinski definition) is 4. The third-order valence-corrected chi connectivity index (χ3v) is 2.94. The molecule has 1 heterocycles. The molecule has 3 N–H and O–H groups in total. The summed E-state index contributed by atoms with van der Waals surface area (Å²) < 4.78 is 5.18. The fraction of sp³-hybridized carbons (Fsp3) is 0.333. The lowest BCUT2D eigenvalue weighted by Crippen LogP contribution is -2.49. The molecule has 2 rings (SSSR count). The smallest absolute Gasteiger partial charge is 0.337 e. The molecule has 1 fully saturated rings. The van der Waals surface area contributed by atoms with E-state index in [1.165, 1.54) is 18.2 Å². The number of morpholine rings is 1. The second-order valence-electron chi connectivity index (χ2n) is 4.07. The lowest BCUT2D eigenvalue weighted by molar-refractivity contribution is -0.120. The fourth-order valence-electron chi connectivity index (χ4n) is 1.76. The lowest BCUT2D eigenvalue weighted by atomic mass is 10.1. The molecule has 1 aliphatic heterocycles. The summed E-state index contributed by atoms with van der Waals surface area (Å²) in [6, 6.07) is 3.80. The number of carbonyl (C=O) groups is 2. The Morgan fingerprint density at radius 3 is 2.89 bits per heavy atom. The summed E-state index contributed by atoms with van der Waals surface area (Å²) in [4.78, 5) is 23.0. The predicted octanol–water partition coefficient (Wildman–Crippen LogP) is 0.965. The Hall–Kier alpha value is -1.63. The number of halogens is 1. The highest BCUT2D eigenvalue weighted by atomic mass is 35.5. The molecule has 0 saturated carbocycles. The molecule has 6 nitrogen and oxygen atoms in total. The van der Waals surface area contributed by atoms with E-state index in [9.17, 15) is 9.59 Å². The summed E-state index contributed by atoms with van der Waals surface area (Å²) in [5.74, 6) is -1.48. The number of amides is 1. The van der Waals surface area contributed by atoms with Gasteiger partial charge in [0.1, 0.15) is 6.04 Å². The Balaban J connectivity index is 2.13. The highest BCUT2D eigenvalue weighted by Gasteiger charge is 2.22. The van der Waals surface area contributed by atoms with Gasteiger partial charge in [-0.05, 0) is 18.2 Å². The first kappa shape index (κ1) is 13.8. The van der Waals surface area contributed by atoms with Crippen LogP contribution in [0.15, 0.2) is 18.2 Å². The van der Waals surface area contributed by atoms with Crippen molar-refractivity contribution in [2.24, 2.45) is 0 Å². The van der Waals surface area contributed by atoms with Crippen molar-refractivity contribution >= 4 is 29.2 Å². The van der Waals surface area contributed by atoms with Crippen LogP contribution in [0.2, 0.25) is 5.02 Å². The molecule has 1 saturated heterocycles. The minimum absolute atomic E-state index is 0.0439. The Labute approximate surface area is 114 Å². The molecule has 1 unspecified atom stereocenters. The standard InChI is InChI=1S/C12H13ClN2O4/c13-7-1-2-9(8(5-7)12(17)18)15-11(16)10-6-19-4-3-14-10/h1-2,5,10,14H,3-4,6H2,(H,15,16)(H,17,18). The first-order valence-electron chi connectivity index (χ1n) is 5.73. The molecule has 19 heavy (non-hydrogen) atoms. The molecule has 1 aromatic rings. The minimum atomic E-state index is -1.15. The first-order chi connectivity index (χ1) is 9.08. The van der Waals surface area contributed by atoms with Crippen molar-refractivity contribution in [1.29, 1.82) is 0 Å². The van der Waals surface area contributed by atoms with E-state index in [-0.39, 0.29) is 23.8 Å². The molecule has 0 radical (unpaired) electrons. The molecule has 0 aromatic heterocycles. The summed E-state index contributed by atoms with van der Waals surface area (Å²) in [5.41, 5.74) is 0.173. The second-order valence-corrected chi connectivity index (χ2v) is 4.50. The molecule has 1 atom stereocenters. The molecular formula is C12H13ClN2O4. The number of carboxylic acids is 1. The van der Waals surface area contributed by atoms with Crippen molar-refractivity contribution in [2.45, 2.75) is 6.04 Å². The van der Waals surface area contributed by atoms with Gasteiger partial charge >= 0.3 is 5.97 Å². The van der Waals surface area contributed by atoms with Crippen LogP contribution < -0.4 is 10.6 Å². The number of hydrogen-bond donors (Lipinski definition) is 3. The Morgan fingerprint density at radius 2 is 2.26 bits per heavy atom. The zero-order valence-electron chi connectivity index (χ0n) is 9.98. The molecule has 1 aliphatic rings. The first-order valence-corrected chi connectivity index (χ1v) is 6.10. The largest absolute Gasteiger partial charge is 0.478 e. The maximum atomic E-state index is 11.9. The van der Waals surface area contributed by atoms with Gasteiger partial charge in [0.2, 0.25) is 5.91 Å². The lowest BCUT2D eigenvalue weighted by Gasteiger charge is -2.23. The molecule has 0 aliphatic carbocycles. The average Bonchev–Trinajstić information content (AvgIpc) is 2.41. The highest BCUT2D eigenvalue weighted by molar-refractivity contribution is 6.31. The van der Waals surface area contributed by atoms with Crippen molar-refractivity contribution < 1.29 is 19.4 Å². The van der Waals surface area contributed by atoms with Gasteiger partial charge in [-0.25, -0.2) is 4.79 Å². The van der Waals surface area contributed by atoms with E-state index in [1.807, 2.05) is 0 Å². The predicted molar refractivity (Wildman–Crippen MR) is 69.7 cm³/mol. The van der Waals surface area contributed by atoms with Gasteiger partial charge in [0.05, 0.1) is 24.5 Å². The van der Waals surface area contributed by atoms with Gasteiger partial charge in [-0.3, -0.25) is 4.79 Å². The van der Waals surface area contributed by atoms with Crippen LogP contribution in [0, 0.1) is 0 Å². The van der Waals surface area contributed by atoms with Crippen molar-refractivity contribution in [1.82, 2.24) is 5.32 Å². The third kappa shape index (κ3) is 3.44. The van der Waals surface area contributed by atoms with Crippen molar-refractivity contribution in [3.63, 3.8) is 0 Å². The van der Waals surface area contributed by atoms with E-state index < -0.39 is 12.0 Å². The Kier molecular flexibility index (Phi) is 4.36. The number of nitrogens with one attached hydrogen (secondary N) is 2. The zero-order valence-corrected chi connectivity index (χ0v) is 10.7. The van der Waals surface area contributed by atoms with Gasteiger partial charge in [-0.15, -0.1) is 0 Å². The molecule has 7 heteroatoms. The van der Waals surface area contributed by atoms with Gasteiger partial charge in [-0.2, -0.15) is 0 Å². The maximum Gasteiger partial charge on any atom is 0.337 e. The van der Waals surface area contributed by atoms with Gasteiger partial charge in [0.15, 0.2) is 0 Å². The number of anilines is 1. The molecular weight excluding hydrogens is 272 g/mol. The summed E-state index contributed by atoms with van der Waals surface area (Å²) >= 11 is 5.74. The van der Waals surface area contributed by atoms with Crippen LogP contribution in [-0.2, 0) is 9.53 Å². The number of carbonyl (C=O) groups excluding carboxylic acids is 1. The number of rotatable bonds is 3. The van der Waals surface area contributed by atoms with E-state index >= 15 is 0 Å². The number of ether oxygens (including phenoxy) is 1. The number of aromatic carboxylic acids is 1. The maximum absolute atomic E-state index is 11.9. The van der Waals surface area contributed by atoms with E-state index in [0.717, 1.165) is 0 Å². The van der Waals surface area contributed by atoms with Crippen LogP contribution in [0.1, 0.15) is 10.4 Å². The summed E-state index contributed by atoms with van der Waals surface area (Å²) in [6.45, 7) is 1.41. The van der Waals surface area contributed by atoms with Crippen molar-refractivity contribution in [2.75, 3.05) is 25.1 Å². The summed E-state index contributed by atoms with van der Waals surface area (Å²) in [7, 11) is 0.